The van der Waals surface area contributed by atoms with E-state index in [-0.39, 0.29) is 5.41 Å². The molecule has 8 aromatic rings. The molecule has 2 aromatic heterocycles. The number of rotatable bonds is 0. The maximum absolute atomic E-state index is 2.55. The number of hydrogen-bond donors (Lipinski definition) is 0. The Balaban J connectivity index is 1.21. The molecule has 0 N–H and O–H groups in total. The maximum Gasteiger partial charge on any atom is 0.0576 e. The SMILES string of the molecule is CC1(C)c2c(ccc3c2Cc2cccc4c5ccccc5n-3c24)-c2ccc3c(c21)Cc1cccc2c4ccccc4n-3c12. The van der Waals surface area contributed by atoms with Crippen molar-refractivity contribution in [1.82, 2.24) is 9.13 Å². The minimum Gasteiger partial charge on any atom is -0.309 e. The summed E-state index contributed by atoms with van der Waals surface area (Å²) in [5.41, 5.74) is 19.6. The summed E-state index contributed by atoms with van der Waals surface area (Å²) in [6, 6.07) is 41.2. The van der Waals surface area contributed by atoms with E-state index >= 15 is 0 Å². The number of fused-ring (bicyclic) bond motifs is 15. The molecule has 0 saturated carbocycles. The Kier molecular flexibility index (Phi) is 3.81. The summed E-state index contributed by atoms with van der Waals surface area (Å²) in [6.07, 6.45) is 1.94. The monoisotopic (exact) mass is 548 g/mol. The lowest BCUT2D eigenvalue weighted by Crippen LogP contribution is -2.23. The van der Waals surface area contributed by atoms with Gasteiger partial charge < -0.3 is 9.13 Å². The minimum atomic E-state index is -0.121. The van der Waals surface area contributed by atoms with E-state index in [0.717, 1.165) is 12.8 Å². The molecule has 0 spiro atoms. The summed E-state index contributed by atoms with van der Waals surface area (Å²) in [7, 11) is 0. The standard InChI is InChI=1S/C41H28N2/c1-41(2)37-27(17-19-35-31(37)21-23-9-7-13-29-25-11-3-5-15-33(25)42(35)39(23)29)28-18-20-36-32(38(28)41)22-24-10-8-14-30-26-12-4-6-16-34(26)43(36)40(24)30/h3-20H,21-22H2,1-2H3. The number of aromatic nitrogens is 2. The Bertz CT molecular complexity index is 2410. The average molecular weight is 549 g/mol. The van der Waals surface area contributed by atoms with Crippen molar-refractivity contribution in [2.45, 2.75) is 32.1 Å². The fourth-order valence-electron chi connectivity index (χ4n) is 9.40. The molecule has 202 valence electrons. The summed E-state index contributed by atoms with van der Waals surface area (Å²) < 4.78 is 5.10. The fourth-order valence-corrected chi connectivity index (χ4v) is 9.40. The number of benzene rings is 6. The van der Waals surface area contributed by atoms with Gasteiger partial charge in [-0.25, -0.2) is 0 Å². The van der Waals surface area contributed by atoms with Gasteiger partial charge >= 0.3 is 0 Å². The van der Waals surface area contributed by atoms with Crippen molar-refractivity contribution in [3.05, 3.63) is 143 Å². The van der Waals surface area contributed by atoms with Crippen LogP contribution < -0.4 is 0 Å². The van der Waals surface area contributed by atoms with Crippen molar-refractivity contribution < 1.29 is 0 Å². The largest absolute Gasteiger partial charge is 0.309 e. The lowest BCUT2D eigenvalue weighted by atomic mass is 9.75. The fraction of sp³-hybridized carbons (Fsp3) is 0.122. The van der Waals surface area contributed by atoms with Crippen LogP contribution in [-0.2, 0) is 18.3 Å². The van der Waals surface area contributed by atoms with Gasteiger partial charge in [-0.2, -0.15) is 0 Å². The minimum absolute atomic E-state index is 0.121. The topological polar surface area (TPSA) is 9.86 Å². The molecule has 43 heavy (non-hydrogen) atoms. The van der Waals surface area contributed by atoms with E-state index in [9.17, 15) is 0 Å². The Hall–Kier alpha value is -5.08. The summed E-state index contributed by atoms with van der Waals surface area (Å²) in [5.74, 6) is 0. The lowest BCUT2D eigenvalue weighted by molar-refractivity contribution is 0.643. The number of nitrogens with zero attached hydrogens (tertiary/aromatic N) is 2. The Morgan fingerprint density at radius 2 is 0.907 bits per heavy atom. The first-order valence-electron chi connectivity index (χ1n) is 15.5. The van der Waals surface area contributed by atoms with Crippen LogP contribution in [0.3, 0.4) is 0 Å². The van der Waals surface area contributed by atoms with Crippen molar-refractivity contribution in [2.24, 2.45) is 0 Å². The van der Waals surface area contributed by atoms with E-state index in [1.54, 1.807) is 0 Å². The van der Waals surface area contributed by atoms with Crippen LogP contribution in [0.15, 0.2) is 109 Å². The van der Waals surface area contributed by atoms with E-state index in [1.807, 2.05) is 0 Å². The molecule has 2 aliphatic heterocycles. The number of hydrogen-bond acceptors (Lipinski definition) is 0. The van der Waals surface area contributed by atoms with E-state index in [2.05, 4.69) is 132 Å². The van der Waals surface area contributed by atoms with Gasteiger partial charge in [-0.05, 0) is 68.8 Å². The highest BCUT2D eigenvalue weighted by atomic mass is 15.0. The first-order chi connectivity index (χ1) is 21.1. The lowest BCUT2D eigenvalue weighted by Gasteiger charge is -2.32. The zero-order valence-electron chi connectivity index (χ0n) is 24.2. The van der Waals surface area contributed by atoms with Gasteiger partial charge in [-0.3, -0.25) is 0 Å². The predicted molar refractivity (Wildman–Crippen MR) is 178 cm³/mol. The molecule has 3 aliphatic rings. The van der Waals surface area contributed by atoms with Gasteiger partial charge in [0.1, 0.15) is 0 Å². The summed E-state index contributed by atoms with van der Waals surface area (Å²) in [6.45, 7) is 4.96. The molecule has 0 radical (unpaired) electrons. The highest BCUT2D eigenvalue weighted by Gasteiger charge is 2.42. The molecule has 0 saturated heterocycles. The third kappa shape index (κ3) is 2.47. The molecule has 0 amide bonds. The Labute approximate surface area is 249 Å². The van der Waals surface area contributed by atoms with Crippen LogP contribution in [0.2, 0.25) is 0 Å². The van der Waals surface area contributed by atoms with Crippen molar-refractivity contribution in [3.8, 4) is 22.5 Å². The van der Waals surface area contributed by atoms with E-state index < -0.39 is 0 Å². The molecule has 0 bridgehead atoms. The molecule has 0 fully saturated rings. The summed E-state index contributed by atoms with van der Waals surface area (Å²) in [5, 5.41) is 5.40. The Morgan fingerprint density at radius 1 is 0.465 bits per heavy atom. The second kappa shape index (κ2) is 7.27. The quantitative estimate of drug-likeness (QED) is 0.178. The molecule has 2 nitrogen and oxygen atoms in total. The van der Waals surface area contributed by atoms with Crippen molar-refractivity contribution in [3.63, 3.8) is 0 Å². The Morgan fingerprint density at radius 3 is 1.40 bits per heavy atom. The molecule has 4 heterocycles. The molecule has 6 aromatic carbocycles. The molecular weight excluding hydrogens is 520 g/mol. The third-order valence-electron chi connectivity index (χ3n) is 10.9. The first kappa shape index (κ1) is 22.5. The summed E-state index contributed by atoms with van der Waals surface area (Å²) >= 11 is 0. The van der Waals surface area contributed by atoms with Crippen LogP contribution >= 0.6 is 0 Å². The second-order valence-corrected chi connectivity index (χ2v) is 13.3. The normalized spacial score (nSPS) is 15.2. The van der Waals surface area contributed by atoms with E-state index in [1.165, 1.54) is 99.5 Å². The van der Waals surface area contributed by atoms with Gasteiger partial charge in [0.05, 0.1) is 33.4 Å². The van der Waals surface area contributed by atoms with Gasteiger partial charge in [0.15, 0.2) is 0 Å². The van der Waals surface area contributed by atoms with Crippen LogP contribution in [0.5, 0.6) is 0 Å². The van der Waals surface area contributed by atoms with Crippen molar-refractivity contribution in [1.29, 1.82) is 0 Å². The van der Waals surface area contributed by atoms with Crippen LogP contribution in [0.25, 0.3) is 66.1 Å². The molecular formula is C41H28N2. The average Bonchev–Trinajstić information content (AvgIpc) is 3.64. The van der Waals surface area contributed by atoms with Crippen LogP contribution in [0, 0.1) is 0 Å². The van der Waals surface area contributed by atoms with E-state index in [0.29, 0.717) is 0 Å². The van der Waals surface area contributed by atoms with Crippen molar-refractivity contribution in [2.75, 3.05) is 0 Å². The van der Waals surface area contributed by atoms with E-state index in [4.69, 9.17) is 0 Å². The molecule has 11 rings (SSSR count). The van der Waals surface area contributed by atoms with Crippen LogP contribution in [-0.4, -0.2) is 9.13 Å². The van der Waals surface area contributed by atoms with Gasteiger partial charge in [0.2, 0.25) is 0 Å². The third-order valence-corrected chi connectivity index (χ3v) is 10.9. The second-order valence-electron chi connectivity index (χ2n) is 13.3. The van der Waals surface area contributed by atoms with Gasteiger partial charge in [-0.1, -0.05) is 98.8 Å². The highest BCUT2D eigenvalue weighted by molar-refractivity contribution is 6.12. The molecule has 2 heteroatoms. The van der Waals surface area contributed by atoms with Gasteiger partial charge in [0, 0.05) is 39.8 Å². The van der Waals surface area contributed by atoms with Crippen LogP contribution in [0.1, 0.15) is 47.2 Å². The predicted octanol–water partition coefficient (Wildman–Crippen LogP) is 10.00. The van der Waals surface area contributed by atoms with Gasteiger partial charge in [-0.15, -0.1) is 0 Å². The number of para-hydroxylation sites is 4. The van der Waals surface area contributed by atoms with Crippen LogP contribution in [0.4, 0.5) is 0 Å². The maximum atomic E-state index is 2.55. The zero-order valence-corrected chi connectivity index (χ0v) is 24.2. The zero-order chi connectivity index (χ0) is 28.2. The molecule has 1 aliphatic carbocycles. The van der Waals surface area contributed by atoms with Crippen molar-refractivity contribution >= 4 is 43.6 Å². The highest BCUT2D eigenvalue weighted by Crippen LogP contribution is 2.56. The molecule has 0 unspecified atom stereocenters. The smallest absolute Gasteiger partial charge is 0.0576 e. The first-order valence-corrected chi connectivity index (χ1v) is 15.5. The molecule has 0 atom stereocenters. The van der Waals surface area contributed by atoms with Gasteiger partial charge in [0.25, 0.3) is 0 Å². The summed E-state index contributed by atoms with van der Waals surface area (Å²) in [4.78, 5) is 0.